The van der Waals surface area contributed by atoms with Crippen molar-refractivity contribution in [2.75, 3.05) is 13.1 Å². The van der Waals surface area contributed by atoms with Gasteiger partial charge in [0, 0.05) is 46.5 Å². The van der Waals surface area contributed by atoms with Crippen LogP contribution < -0.4 is 14.9 Å². The van der Waals surface area contributed by atoms with Crippen molar-refractivity contribution in [3.05, 3.63) is 114 Å². The fourth-order valence-electron chi connectivity index (χ4n) is 5.89. The van der Waals surface area contributed by atoms with Gasteiger partial charge in [0.1, 0.15) is 0 Å². The van der Waals surface area contributed by atoms with Gasteiger partial charge in [-0.2, -0.15) is 0 Å². The Balaban J connectivity index is 1.54. The number of carbonyl (C=O) groups is 1. The number of benzene rings is 3. The Morgan fingerprint density at radius 3 is 2.41 bits per heavy atom. The number of amides is 1. The molecule has 0 saturated carbocycles. The number of halogens is 1. The molecule has 8 heteroatoms. The van der Waals surface area contributed by atoms with Crippen molar-refractivity contribution in [3.63, 3.8) is 0 Å². The highest BCUT2D eigenvalue weighted by Gasteiger charge is 2.34. The van der Waals surface area contributed by atoms with Gasteiger partial charge in [0.2, 0.25) is 0 Å². The zero-order valence-corrected chi connectivity index (χ0v) is 25.1. The molecule has 5 aromatic rings. The number of likely N-dealkylation sites (N-methyl/N-ethyl adjacent to an activating group) is 1. The standard InChI is InChI=1S/C33H31ClN4O2S/c1-5-36(6-2)32(40)29-20(4)35-33-38(30(29)22-13-15-23(34)16-14-22)31(39)28(41-33)19-21-12-17-27-25(18-21)24-10-8-9-11-26(24)37(27)7-3/h8-19,30H,5-7H2,1-4H3/b28-19+/t30-/m0/s1. The molecule has 0 bridgehead atoms. The van der Waals surface area contributed by atoms with E-state index in [9.17, 15) is 9.59 Å². The van der Waals surface area contributed by atoms with Gasteiger partial charge in [0.25, 0.3) is 11.5 Å². The molecule has 0 N–H and O–H groups in total. The number of para-hydroxylation sites is 1. The predicted octanol–water partition coefficient (Wildman–Crippen LogP) is 5.88. The molecule has 0 fully saturated rings. The summed E-state index contributed by atoms with van der Waals surface area (Å²) < 4.78 is 4.56. The number of nitrogens with zero attached hydrogens (tertiary/aromatic N) is 4. The normalized spacial score (nSPS) is 15.4. The minimum Gasteiger partial charge on any atom is -0.341 e. The Morgan fingerprint density at radius 2 is 1.71 bits per heavy atom. The van der Waals surface area contributed by atoms with Gasteiger partial charge >= 0.3 is 0 Å². The lowest BCUT2D eigenvalue weighted by atomic mass is 9.94. The summed E-state index contributed by atoms with van der Waals surface area (Å²) >= 11 is 7.56. The molecule has 0 spiro atoms. The second-order valence-electron chi connectivity index (χ2n) is 10.1. The molecule has 1 amide bonds. The first-order valence-electron chi connectivity index (χ1n) is 13.9. The molecule has 1 aliphatic heterocycles. The van der Waals surface area contributed by atoms with Gasteiger partial charge in [-0.1, -0.05) is 59.3 Å². The molecule has 6 nitrogen and oxygen atoms in total. The maximum absolute atomic E-state index is 14.1. The van der Waals surface area contributed by atoms with Crippen molar-refractivity contribution in [3.8, 4) is 0 Å². The monoisotopic (exact) mass is 582 g/mol. The zero-order valence-electron chi connectivity index (χ0n) is 23.5. The second-order valence-corrected chi connectivity index (χ2v) is 11.6. The van der Waals surface area contributed by atoms with E-state index in [1.165, 1.54) is 27.8 Å². The van der Waals surface area contributed by atoms with Crippen molar-refractivity contribution < 1.29 is 4.79 Å². The lowest BCUT2D eigenvalue weighted by Gasteiger charge is -2.29. The maximum atomic E-state index is 14.1. The van der Waals surface area contributed by atoms with Crippen LogP contribution >= 0.6 is 22.9 Å². The smallest absolute Gasteiger partial charge is 0.271 e. The van der Waals surface area contributed by atoms with E-state index < -0.39 is 6.04 Å². The molecule has 41 heavy (non-hydrogen) atoms. The van der Waals surface area contributed by atoms with E-state index in [0.717, 1.165) is 23.1 Å². The summed E-state index contributed by atoms with van der Waals surface area (Å²) in [5.74, 6) is -0.108. The second kappa shape index (κ2) is 10.8. The first-order valence-corrected chi connectivity index (χ1v) is 15.1. The molecule has 0 unspecified atom stereocenters. The molecule has 3 heterocycles. The highest BCUT2D eigenvalue weighted by molar-refractivity contribution is 7.07. The van der Waals surface area contributed by atoms with Crippen LogP contribution in [0.1, 0.15) is 44.9 Å². The average molecular weight is 583 g/mol. The van der Waals surface area contributed by atoms with E-state index in [1.807, 2.05) is 39.0 Å². The summed E-state index contributed by atoms with van der Waals surface area (Å²) in [7, 11) is 0. The minimum atomic E-state index is -0.594. The van der Waals surface area contributed by atoms with Gasteiger partial charge < -0.3 is 9.47 Å². The Hall–Kier alpha value is -3.94. The van der Waals surface area contributed by atoms with Crippen molar-refractivity contribution in [1.82, 2.24) is 14.0 Å². The third kappa shape index (κ3) is 4.53. The SMILES string of the molecule is CCN(CC)C(=O)C1=C(C)N=c2s/c(=C/c3ccc4c(c3)c3ccccc3n4CC)c(=O)n2[C@H]1c1ccc(Cl)cc1. The molecule has 3 aromatic carbocycles. The fraction of sp³-hybridized carbons (Fsp3) is 0.242. The van der Waals surface area contributed by atoms with Crippen LogP contribution in [0.3, 0.4) is 0 Å². The van der Waals surface area contributed by atoms with Gasteiger partial charge in [-0.3, -0.25) is 14.2 Å². The average Bonchev–Trinajstić information content (AvgIpc) is 3.46. The number of hydrogen-bond acceptors (Lipinski definition) is 4. The van der Waals surface area contributed by atoms with Gasteiger partial charge in [-0.15, -0.1) is 0 Å². The van der Waals surface area contributed by atoms with E-state index in [-0.39, 0.29) is 11.5 Å². The summed E-state index contributed by atoms with van der Waals surface area (Å²) in [6.45, 7) is 9.94. The zero-order chi connectivity index (χ0) is 28.8. The molecule has 6 rings (SSSR count). The highest BCUT2D eigenvalue weighted by atomic mass is 35.5. The molecular weight excluding hydrogens is 552 g/mol. The molecular formula is C33H31ClN4O2S. The van der Waals surface area contributed by atoms with Crippen LogP contribution in [0.25, 0.3) is 27.9 Å². The molecule has 1 aliphatic rings. The lowest BCUT2D eigenvalue weighted by molar-refractivity contribution is -0.127. The van der Waals surface area contributed by atoms with Crippen LogP contribution in [0, 0.1) is 0 Å². The number of thiazole rings is 1. The molecule has 208 valence electrons. The largest absolute Gasteiger partial charge is 0.341 e. The van der Waals surface area contributed by atoms with E-state index in [0.29, 0.717) is 38.7 Å². The quantitative estimate of drug-likeness (QED) is 0.251. The first kappa shape index (κ1) is 27.2. The molecule has 0 aliphatic carbocycles. The van der Waals surface area contributed by atoms with Crippen LogP contribution in [0.4, 0.5) is 0 Å². The van der Waals surface area contributed by atoms with Gasteiger partial charge in [-0.25, -0.2) is 4.99 Å². The Morgan fingerprint density at radius 1 is 1.00 bits per heavy atom. The van der Waals surface area contributed by atoms with Gasteiger partial charge in [0.05, 0.1) is 21.8 Å². The summed E-state index contributed by atoms with van der Waals surface area (Å²) in [6, 6.07) is 21.5. The topological polar surface area (TPSA) is 59.6 Å². The van der Waals surface area contributed by atoms with Crippen molar-refractivity contribution in [2.45, 2.75) is 40.3 Å². The van der Waals surface area contributed by atoms with Crippen LogP contribution in [-0.4, -0.2) is 33.0 Å². The molecule has 0 radical (unpaired) electrons. The van der Waals surface area contributed by atoms with E-state index in [1.54, 1.807) is 21.6 Å². The van der Waals surface area contributed by atoms with Gasteiger partial charge in [0.15, 0.2) is 4.80 Å². The van der Waals surface area contributed by atoms with Crippen LogP contribution in [-0.2, 0) is 11.3 Å². The van der Waals surface area contributed by atoms with E-state index in [4.69, 9.17) is 16.6 Å². The first-order chi connectivity index (χ1) is 19.9. The van der Waals surface area contributed by atoms with E-state index >= 15 is 0 Å². The Bertz CT molecular complexity index is 2030. The number of hydrogen-bond donors (Lipinski definition) is 0. The predicted molar refractivity (Wildman–Crippen MR) is 168 cm³/mol. The van der Waals surface area contributed by atoms with Crippen LogP contribution in [0.15, 0.2) is 87.8 Å². The molecule has 2 aromatic heterocycles. The van der Waals surface area contributed by atoms with Gasteiger partial charge in [-0.05, 0) is 75.2 Å². The lowest BCUT2D eigenvalue weighted by Crippen LogP contribution is -2.43. The summed E-state index contributed by atoms with van der Waals surface area (Å²) in [4.78, 5) is 35.0. The maximum Gasteiger partial charge on any atom is 0.271 e. The van der Waals surface area contributed by atoms with Crippen LogP contribution in [0.5, 0.6) is 0 Å². The van der Waals surface area contributed by atoms with E-state index in [2.05, 4.69) is 54.0 Å². The third-order valence-corrected chi connectivity index (χ3v) is 9.13. The number of fused-ring (bicyclic) bond motifs is 4. The summed E-state index contributed by atoms with van der Waals surface area (Å²) in [6.07, 6.45) is 1.94. The Kier molecular flexibility index (Phi) is 7.18. The number of aromatic nitrogens is 2. The number of aryl methyl sites for hydroxylation is 1. The van der Waals surface area contributed by atoms with Crippen molar-refractivity contribution >= 4 is 56.7 Å². The molecule has 1 atom stereocenters. The van der Waals surface area contributed by atoms with Crippen LogP contribution in [0.2, 0.25) is 5.02 Å². The minimum absolute atomic E-state index is 0.108. The third-order valence-electron chi connectivity index (χ3n) is 7.90. The number of carbonyl (C=O) groups excluding carboxylic acids is 1. The van der Waals surface area contributed by atoms with Crippen molar-refractivity contribution in [2.24, 2.45) is 4.99 Å². The number of rotatable bonds is 6. The number of allylic oxidation sites excluding steroid dienone is 1. The fourth-order valence-corrected chi connectivity index (χ4v) is 7.06. The van der Waals surface area contributed by atoms with Crippen molar-refractivity contribution in [1.29, 1.82) is 0 Å². The highest BCUT2D eigenvalue weighted by Crippen LogP contribution is 2.32. The Labute approximate surface area is 247 Å². The summed E-state index contributed by atoms with van der Waals surface area (Å²) in [5, 5.41) is 2.95. The molecule has 0 saturated heterocycles. The summed E-state index contributed by atoms with van der Waals surface area (Å²) in [5.41, 5.74) is 5.12.